The molecule has 0 unspecified atom stereocenters. The number of nitrogens with zero attached hydrogens (tertiary/aromatic N) is 2. The third-order valence-electron chi connectivity index (χ3n) is 5.45. The summed E-state index contributed by atoms with van der Waals surface area (Å²) in [6.45, 7) is 0. The van der Waals surface area contributed by atoms with Crippen LogP contribution in [0, 0.1) is 22.7 Å². The molecule has 0 saturated carbocycles. The first-order chi connectivity index (χ1) is 16.4. The summed E-state index contributed by atoms with van der Waals surface area (Å²) in [7, 11) is 0. The van der Waals surface area contributed by atoms with Crippen LogP contribution in [0.5, 0.6) is 11.5 Å². The molecule has 8 heteroatoms. The van der Waals surface area contributed by atoms with Gasteiger partial charge in [-0.2, -0.15) is 0 Å². The summed E-state index contributed by atoms with van der Waals surface area (Å²) in [6.07, 6.45) is -4.36. The monoisotopic (exact) mass is 524 g/mol. The van der Waals surface area contributed by atoms with Gasteiger partial charge in [-0.1, -0.05) is 0 Å². The van der Waals surface area contributed by atoms with Gasteiger partial charge in [0.15, 0.2) is 0 Å². The molecular formula is C26H16Cl3N2O2P. The van der Waals surface area contributed by atoms with Gasteiger partial charge in [0.1, 0.15) is 0 Å². The van der Waals surface area contributed by atoms with Gasteiger partial charge in [-0.05, 0) is 0 Å². The van der Waals surface area contributed by atoms with E-state index in [4.69, 9.17) is 39.0 Å². The molecule has 0 saturated heterocycles. The second-order valence-corrected chi connectivity index (χ2v) is 13.6. The molecule has 0 heterocycles. The molecule has 0 aliphatic heterocycles. The Kier molecular flexibility index (Phi) is 6.46. The van der Waals surface area contributed by atoms with Crippen LogP contribution in [-0.4, -0.2) is 5.11 Å². The topological polar surface area (TPSA) is 77.0 Å². The van der Waals surface area contributed by atoms with E-state index in [0.717, 1.165) is 0 Å². The zero-order valence-electron chi connectivity index (χ0n) is 17.5. The Labute approximate surface area is 211 Å². The van der Waals surface area contributed by atoms with E-state index in [0.29, 0.717) is 15.9 Å². The van der Waals surface area contributed by atoms with E-state index in [2.05, 4.69) is 0 Å². The molecule has 0 radical (unpaired) electrons. The molecule has 168 valence electrons. The predicted molar refractivity (Wildman–Crippen MR) is 139 cm³/mol. The number of phenols is 1. The molecule has 4 aromatic rings. The van der Waals surface area contributed by atoms with Crippen molar-refractivity contribution < 1.29 is 9.63 Å². The zero-order valence-corrected chi connectivity index (χ0v) is 20.7. The summed E-state index contributed by atoms with van der Waals surface area (Å²) in [5.41, 5.74) is -0.602. The molecule has 0 amide bonds. The molecule has 0 spiro atoms. The number of nitriles is 2. The predicted octanol–water partition coefficient (Wildman–Crippen LogP) is 6.42. The van der Waals surface area contributed by atoms with Gasteiger partial charge in [-0.15, -0.1) is 0 Å². The maximum atomic E-state index is 10.4. The summed E-state index contributed by atoms with van der Waals surface area (Å²) >= 11 is 20.6. The summed E-state index contributed by atoms with van der Waals surface area (Å²) < 4.78 is 6.77. The van der Waals surface area contributed by atoms with Gasteiger partial charge in [0, 0.05) is 0 Å². The third kappa shape index (κ3) is 3.57. The van der Waals surface area contributed by atoms with Crippen LogP contribution in [0.2, 0.25) is 10.0 Å². The van der Waals surface area contributed by atoms with Crippen LogP contribution in [-0.2, 0) is 0 Å². The molecule has 0 aliphatic carbocycles. The van der Waals surface area contributed by atoms with Crippen molar-refractivity contribution >= 4 is 56.5 Å². The summed E-state index contributed by atoms with van der Waals surface area (Å²) in [4.78, 5) is 0. The van der Waals surface area contributed by atoms with E-state index >= 15 is 0 Å². The van der Waals surface area contributed by atoms with Gasteiger partial charge in [0.2, 0.25) is 0 Å². The average molecular weight is 526 g/mol. The molecule has 1 N–H and O–H groups in total. The number of aromatic hydroxyl groups is 1. The molecular weight excluding hydrogens is 510 g/mol. The average Bonchev–Trinajstić information content (AvgIpc) is 2.90. The Bertz CT molecular complexity index is 1350. The fourth-order valence-corrected chi connectivity index (χ4v) is 9.34. The van der Waals surface area contributed by atoms with Crippen molar-refractivity contribution in [3.05, 3.63) is 112 Å². The number of halogens is 3. The van der Waals surface area contributed by atoms with Crippen LogP contribution < -0.4 is 20.4 Å². The molecule has 0 atom stereocenters. The number of rotatable bonds is 5. The second-order valence-electron chi connectivity index (χ2n) is 7.31. The first-order valence-electron chi connectivity index (χ1n) is 10.0. The molecule has 4 aromatic carbocycles. The van der Waals surface area contributed by atoms with E-state index in [1.165, 1.54) is 0 Å². The van der Waals surface area contributed by atoms with E-state index < -0.39 is 11.9 Å². The number of phenolic OH excluding ortho intramolecular Hbond substituents is 1. The minimum absolute atomic E-state index is 0.173. The van der Waals surface area contributed by atoms with Gasteiger partial charge in [0.25, 0.3) is 0 Å². The fraction of sp³-hybridized carbons (Fsp3) is 0. The summed E-state index contributed by atoms with van der Waals surface area (Å²) in [5.74, 6) is -0.764. The van der Waals surface area contributed by atoms with Crippen LogP contribution in [0.1, 0.15) is 11.1 Å². The Morgan fingerprint density at radius 1 is 0.647 bits per heavy atom. The standard InChI is InChI=1S/C26H16Cl3N2O2P/c27-23-24(28)26(22(17-31)21(16-30)25(23)32)33-34(29,18-10-4-1-5-11-18,19-12-6-2-7-13-19)20-14-8-3-9-15-20/h1-15,32H. The summed E-state index contributed by atoms with van der Waals surface area (Å²) in [6, 6.07) is 31.4. The van der Waals surface area contributed by atoms with Crippen molar-refractivity contribution in [1.82, 2.24) is 0 Å². The minimum atomic E-state index is -4.36. The van der Waals surface area contributed by atoms with E-state index in [1.54, 1.807) is 0 Å². The second kappa shape index (κ2) is 9.19. The van der Waals surface area contributed by atoms with Gasteiger partial charge in [0.05, 0.1) is 0 Å². The van der Waals surface area contributed by atoms with E-state index in [-0.39, 0.29) is 26.9 Å². The number of hydrogen-bond acceptors (Lipinski definition) is 4. The normalized spacial score (nSPS) is 12.1. The van der Waals surface area contributed by atoms with Gasteiger partial charge in [-0.25, -0.2) is 0 Å². The van der Waals surface area contributed by atoms with Crippen molar-refractivity contribution in [3.63, 3.8) is 0 Å². The van der Waals surface area contributed by atoms with Crippen molar-refractivity contribution in [2.75, 3.05) is 0 Å². The van der Waals surface area contributed by atoms with Crippen molar-refractivity contribution in [1.29, 1.82) is 10.5 Å². The Morgan fingerprint density at radius 2 is 1.03 bits per heavy atom. The molecule has 4 rings (SSSR count). The van der Waals surface area contributed by atoms with Crippen LogP contribution in [0.3, 0.4) is 0 Å². The first-order valence-corrected chi connectivity index (χ1v) is 13.8. The SMILES string of the molecule is N#Cc1c(O)c(Cl)c(Cl)c(OP(Cl)(c2ccccc2)(c2ccccc2)c2ccccc2)c1C#N. The maximum absolute atomic E-state index is 10.4. The van der Waals surface area contributed by atoms with Crippen molar-refractivity contribution in [2.24, 2.45) is 0 Å². The molecule has 4 nitrogen and oxygen atoms in total. The molecule has 0 bridgehead atoms. The van der Waals surface area contributed by atoms with E-state index in [9.17, 15) is 15.6 Å². The Hall–Kier alpha value is -3.24. The third-order valence-corrected chi connectivity index (χ3v) is 12.4. The molecule has 0 fully saturated rings. The van der Waals surface area contributed by atoms with Crippen LogP contribution in [0.15, 0.2) is 91.0 Å². The number of hydrogen-bond donors (Lipinski definition) is 1. The number of benzene rings is 4. The van der Waals surface area contributed by atoms with Crippen molar-refractivity contribution in [3.8, 4) is 23.6 Å². The van der Waals surface area contributed by atoms with Crippen molar-refractivity contribution in [2.45, 2.75) is 0 Å². The fourth-order valence-electron chi connectivity index (χ4n) is 3.82. The molecule has 0 aliphatic rings. The van der Waals surface area contributed by atoms with Crippen LogP contribution in [0.25, 0.3) is 0 Å². The Morgan fingerprint density at radius 3 is 1.38 bits per heavy atom. The summed E-state index contributed by atoms with van der Waals surface area (Å²) in [5, 5.41) is 31.4. The first kappa shape index (κ1) is 23.9. The van der Waals surface area contributed by atoms with Gasteiger partial charge < -0.3 is 0 Å². The van der Waals surface area contributed by atoms with Crippen LogP contribution in [0.4, 0.5) is 0 Å². The quantitative estimate of drug-likeness (QED) is 0.305. The molecule has 0 aromatic heterocycles. The van der Waals surface area contributed by atoms with Crippen LogP contribution >= 0.6 is 40.6 Å². The van der Waals surface area contributed by atoms with E-state index in [1.807, 2.05) is 103 Å². The zero-order chi connectivity index (χ0) is 24.4. The molecule has 34 heavy (non-hydrogen) atoms. The van der Waals surface area contributed by atoms with Gasteiger partial charge >= 0.3 is 212 Å². The van der Waals surface area contributed by atoms with Gasteiger partial charge in [-0.3, -0.25) is 0 Å². The Balaban J connectivity index is 2.20.